The summed E-state index contributed by atoms with van der Waals surface area (Å²) in [6.45, 7) is 3.20. The topological polar surface area (TPSA) is 105 Å². The zero-order valence-electron chi connectivity index (χ0n) is 14.6. The van der Waals surface area contributed by atoms with Crippen molar-refractivity contribution in [2.24, 2.45) is 0 Å². The van der Waals surface area contributed by atoms with Gasteiger partial charge in [0.05, 0.1) is 6.61 Å². The highest BCUT2D eigenvalue weighted by Gasteiger charge is 2.23. The molecule has 1 atom stereocenters. The summed E-state index contributed by atoms with van der Waals surface area (Å²) in [6.07, 6.45) is 0.131. The normalized spacial score (nSPS) is 11.5. The van der Waals surface area contributed by atoms with Gasteiger partial charge in [-0.2, -0.15) is 0 Å². The van der Waals surface area contributed by atoms with Crippen molar-refractivity contribution in [3.63, 3.8) is 0 Å². The number of aromatic hydroxyl groups is 2. The second kappa shape index (κ2) is 8.75. The number of nitrogens with one attached hydrogen (secondary N) is 1. The van der Waals surface area contributed by atoms with Crippen LogP contribution in [0.1, 0.15) is 19.4 Å². The number of esters is 1. The molecule has 2 aromatic carbocycles. The number of amides is 1. The first-order valence-electron chi connectivity index (χ1n) is 8.11. The van der Waals surface area contributed by atoms with Gasteiger partial charge in [-0.25, -0.2) is 4.79 Å². The van der Waals surface area contributed by atoms with Gasteiger partial charge in [-0.15, -0.1) is 0 Å². The maximum absolute atomic E-state index is 12.1. The third-order valence-electron chi connectivity index (χ3n) is 3.49. The van der Waals surface area contributed by atoms with Crippen LogP contribution in [0.15, 0.2) is 42.5 Å². The van der Waals surface area contributed by atoms with Crippen LogP contribution < -0.4 is 10.1 Å². The first kappa shape index (κ1) is 19.1. The molecule has 0 aliphatic carbocycles. The second-order valence-corrected chi connectivity index (χ2v) is 5.60. The number of benzene rings is 2. The molecule has 0 heterocycles. The second-order valence-electron chi connectivity index (χ2n) is 5.60. The summed E-state index contributed by atoms with van der Waals surface area (Å²) < 4.78 is 10.8. The van der Waals surface area contributed by atoms with Crippen molar-refractivity contribution in [1.29, 1.82) is 0 Å². The zero-order chi connectivity index (χ0) is 19.1. The number of phenols is 2. The summed E-state index contributed by atoms with van der Waals surface area (Å²) in [4.78, 5) is 23.5. The average Bonchev–Trinajstić information content (AvgIpc) is 2.58. The highest BCUT2D eigenvalue weighted by molar-refractivity contribution is 5.83. The Morgan fingerprint density at radius 2 is 1.73 bits per heavy atom. The first-order valence-corrected chi connectivity index (χ1v) is 8.11. The molecule has 138 valence electrons. The van der Waals surface area contributed by atoms with E-state index in [1.165, 1.54) is 31.2 Å². The van der Waals surface area contributed by atoms with E-state index >= 15 is 0 Å². The molecule has 2 rings (SSSR count). The molecular weight excluding hydrogens is 338 g/mol. The third-order valence-corrected chi connectivity index (χ3v) is 3.49. The molecule has 26 heavy (non-hydrogen) atoms. The number of carbonyl (C=O) groups is 2. The molecular formula is C19H21NO6. The molecule has 7 nitrogen and oxygen atoms in total. The summed E-state index contributed by atoms with van der Waals surface area (Å²) in [7, 11) is 0. The summed E-state index contributed by atoms with van der Waals surface area (Å²) in [5.74, 6) is -0.0392. The lowest BCUT2D eigenvalue weighted by atomic mass is 10.0. The lowest BCUT2D eigenvalue weighted by Gasteiger charge is -2.18. The van der Waals surface area contributed by atoms with Crippen molar-refractivity contribution >= 4 is 11.9 Å². The molecule has 0 bridgehead atoms. The number of carbonyl (C=O) groups excluding carboxylic acids is 2. The van der Waals surface area contributed by atoms with Crippen LogP contribution in [0.25, 0.3) is 0 Å². The van der Waals surface area contributed by atoms with E-state index in [9.17, 15) is 19.8 Å². The van der Waals surface area contributed by atoms with Gasteiger partial charge in [0, 0.05) is 19.4 Å². The largest absolute Gasteiger partial charge is 0.508 e. The van der Waals surface area contributed by atoms with Crippen LogP contribution in [-0.4, -0.2) is 34.7 Å². The van der Waals surface area contributed by atoms with Gasteiger partial charge < -0.3 is 25.0 Å². The van der Waals surface area contributed by atoms with Crippen LogP contribution in [0.4, 0.5) is 0 Å². The van der Waals surface area contributed by atoms with E-state index in [1.807, 2.05) is 0 Å². The van der Waals surface area contributed by atoms with Gasteiger partial charge in [0.15, 0.2) is 0 Å². The van der Waals surface area contributed by atoms with Gasteiger partial charge in [0.1, 0.15) is 29.0 Å². The molecule has 0 aliphatic heterocycles. The van der Waals surface area contributed by atoms with Crippen LogP contribution in [0.2, 0.25) is 0 Å². The highest BCUT2D eigenvalue weighted by Crippen LogP contribution is 2.30. The van der Waals surface area contributed by atoms with Crippen LogP contribution in [0, 0.1) is 0 Å². The number of rotatable bonds is 7. The fraction of sp³-hybridized carbons (Fsp3) is 0.263. The molecule has 7 heteroatoms. The van der Waals surface area contributed by atoms with E-state index in [2.05, 4.69) is 5.32 Å². The molecule has 0 unspecified atom stereocenters. The lowest BCUT2D eigenvalue weighted by Crippen LogP contribution is -2.42. The Morgan fingerprint density at radius 3 is 2.35 bits per heavy atom. The molecule has 0 saturated heterocycles. The molecule has 0 radical (unpaired) electrons. The van der Waals surface area contributed by atoms with Gasteiger partial charge in [-0.1, -0.05) is 6.07 Å². The molecule has 1 amide bonds. The van der Waals surface area contributed by atoms with Crippen molar-refractivity contribution in [2.45, 2.75) is 26.3 Å². The van der Waals surface area contributed by atoms with Crippen molar-refractivity contribution < 1.29 is 29.3 Å². The van der Waals surface area contributed by atoms with E-state index in [0.717, 1.165) is 0 Å². The molecule has 0 saturated carbocycles. The number of ether oxygens (including phenoxy) is 2. The number of hydrogen-bond donors (Lipinski definition) is 3. The molecule has 0 spiro atoms. The molecule has 0 fully saturated rings. The molecule has 2 aromatic rings. The van der Waals surface area contributed by atoms with Gasteiger partial charge in [0.25, 0.3) is 0 Å². The maximum atomic E-state index is 12.1. The Bertz CT molecular complexity index is 772. The third kappa shape index (κ3) is 5.41. The van der Waals surface area contributed by atoms with Crippen LogP contribution in [0.5, 0.6) is 23.0 Å². The molecule has 0 aliphatic rings. The highest BCUT2D eigenvalue weighted by atomic mass is 16.5. The Morgan fingerprint density at radius 1 is 1.08 bits per heavy atom. The minimum Gasteiger partial charge on any atom is -0.508 e. The van der Waals surface area contributed by atoms with E-state index in [1.54, 1.807) is 25.1 Å². The zero-order valence-corrected chi connectivity index (χ0v) is 14.6. The van der Waals surface area contributed by atoms with E-state index in [0.29, 0.717) is 17.1 Å². The fourth-order valence-electron chi connectivity index (χ4n) is 2.35. The van der Waals surface area contributed by atoms with Crippen molar-refractivity contribution in [3.8, 4) is 23.0 Å². The summed E-state index contributed by atoms with van der Waals surface area (Å²) in [6, 6.07) is 9.69. The van der Waals surface area contributed by atoms with Gasteiger partial charge in [-0.05, 0) is 42.8 Å². The van der Waals surface area contributed by atoms with E-state index in [-0.39, 0.29) is 30.4 Å². The number of phenolic OH excluding ortho intramolecular Hbond substituents is 2. The van der Waals surface area contributed by atoms with Gasteiger partial charge >= 0.3 is 5.97 Å². The minimum atomic E-state index is -0.876. The van der Waals surface area contributed by atoms with Gasteiger partial charge in [0.2, 0.25) is 5.91 Å². The summed E-state index contributed by atoms with van der Waals surface area (Å²) in [5, 5.41) is 21.7. The fourth-order valence-corrected chi connectivity index (χ4v) is 2.35. The summed E-state index contributed by atoms with van der Waals surface area (Å²) >= 11 is 0. The van der Waals surface area contributed by atoms with Crippen molar-refractivity contribution in [3.05, 3.63) is 48.0 Å². The quantitative estimate of drug-likeness (QED) is 0.656. The summed E-state index contributed by atoms with van der Waals surface area (Å²) in [5.41, 5.74) is 0.600. The standard InChI is InChI=1S/C19H21NO6/c1-3-25-19(24)17(20-12(2)21)10-13-4-5-15(23)11-18(13)26-16-8-6-14(22)7-9-16/h4-9,11,17,22-23H,3,10H2,1-2H3,(H,20,21)/t17-/m0/s1. The Hall–Kier alpha value is -3.22. The predicted octanol–water partition coefficient (Wildman–Crippen LogP) is 2.50. The maximum Gasteiger partial charge on any atom is 0.328 e. The van der Waals surface area contributed by atoms with Crippen LogP contribution >= 0.6 is 0 Å². The van der Waals surface area contributed by atoms with E-state index in [4.69, 9.17) is 9.47 Å². The number of hydrogen-bond acceptors (Lipinski definition) is 6. The van der Waals surface area contributed by atoms with Gasteiger partial charge in [-0.3, -0.25) is 4.79 Å². The smallest absolute Gasteiger partial charge is 0.328 e. The van der Waals surface area contributed by atoms with Crippen LogP contribution in [0.3, 0.4) is 0 Å². The monoisotopic (exact) mass is 359 g/mol. The van der Waals surface area contributed by atoms with Crippen molar-refractivity contribution in [2.75, 3.05) is 6.61 Å². The Balaban J connectivity index is 2.27. The lowest BCUT2D eigenvalue weighted by molar-refractivity contribution is -0.147. The van der Waals surface area contributed by atoms with Crippen LogP contribution in [-0.2, 0) is 20.7 Å². The predicted molar refractivity (Wildman–Crippen MR) is 94.2 cm³/mol. The molecule has 3 N–H and O–H groups in total. The van der Waals surface area contributed by atoms with Crippen molar-refractivity contribution in [1.82, 2.24) is 5.32 Å². The first-order chi connectivity index (χ1) is 12.4. The average molecular weight is 359 g/mol. The Kier molecular flexibility index (Phi) is 6.43. The SMILES string of the molecule is CCOC(=O)[C@H](Cc1ccc(O)cc1Oc1ccc(O)cc1)NC(C)=O. The molecule has 0 aromatic heterocycles. The Labute approximate surface area is 151 Å². The minimum absolute atomic E-state index is 0.00487. The van der Waals surface area contributed by atoms with E-state index < -0.39 is 12.0 Å².